The lowest BCUT2D eigenvalue weighted by Gasteiger charge is -2.17. The molecule has 0 amide bonds. The van der Waals surface area contributed by atoms with Gasteiger partial charge in [-0.3, -0.25) is 0 Å². The van der Waals surface area contributed by atoms with E-state index in [-0.39, 0.29) is 16.7 Å². The van der Waals surface area contributed by atoms with Crippen LogP contribution in [0.15, 0.2) is 65.8 Å². The summed E-state index contributed by atoms with van der Waals surface area (Å²) in [6.45, 7) is 1.31. The Morgan fingerprint density at radius 2 is 1.78 bits per heavy atom. The van der Waals surface area contributed by atoms with Gasteiger partial charge in [-0.2, -0.15) is 4.31 Å². The third-order valence-corrected chi connectivity index (χ3v) is 6.87. The van der Waals surface area contributed by atoms with Crippen molar-refractivity contribution in [3.8, 4) is 5.69 Å². The maximum absolute atomic E-state index is 13.1. The van der Waals surface area contributed by atoms with Crippen LogP contribution >= 0.6 is 0 Å². The zero-order valence-electron chi connectivity index (χ0n) is 14.6. The summed E-state index contributed by atoms with van der Waals surface area (Å²) in [6, 6.07) is 16.5. The lowest BCUT2D eigenvalue weighted by atomic mass is 9.89. The monoisotopic (exact) mass is 384 g/mol. The summed E-state index contributed by atoms with van der Waals surface area (Å²) in [5.41, 5.74) is 7.76. The SMILES string of the molecule is NC[C@@H]1CN(S(=O)(=O)c2ccc(-n3cnnn3)cc2)C[C@H]1c1ccccc1. The largest absolute Gasteiger partial charge is 0.330 e. The van der Waals surface area contributed by atoms with Crippen molar-refractivity contribution >= 4 is 10.0 Å². The van der Waals surface area contributed by atoms with Gasteiger partial charge in [0.25, 0.3) is 0 Å². The maximum atomic E-state index is 13.1. The number of aromatic nitrogens is 4. The molecule has 2 N–H and O–H groups in total. The normalized spacial score (nSPS) is 20.8. The van der Waals surface area contributed by atoms with Crippen LogP contribution in [0.2, 0.25) is 0 Å². The second-order valence-corrected chi connectivity index (χ2v) is 8.52. The third kappa shape index (κ3) is 3.36. The van der Waals surface area contributed by atoms with Crippen molar-refractivity contribution in [1.82, 2.24) is 24.5 Å². The molecule has 9 heteroatoms. The zero-order chi connectivity index (χ0) is 18.9. The minimum Gasteiger partial charge on any atom is -0.330 e. The molecule has 1 aromatic heterocycles. The maximum Gasteiger partial charge on any atom is 0.243 e. The van der Waals surface area contributed by atoms with E-state index in [9.17, 15) is 8.42 Å². The van der Waals surface area contributed by atoms with Gasteiger partial charge in [0.1, 0.15) is 6.33 Å². The van der Waals surface area contributed by atoms with E-state index in [1.165, 1.54) is 15.3 Å². The van der Waals surface area contributed by atoms with E-state index >= 15 is 0 Å². The van der Waals surface area contributed by atoms with Crippen LogP contribution in [0.5, 0.6) is 0 Å². The molecule has 0 saturated carbocycles. The van der Waals surface area contributed by atoms with Crippen LogP contribution in [-0.2, 0) is 10.0 Å². The fourth-order valence-corrected chi connectivity index (χ4v) is 5.07. The van der Waals surface area contributed by atoms with E-state index in [2.05, 4.69) is 15.5 Å². The summed E-state index contributed by atoms with van der Waals surface area (Å²) < 4.78 is 29.2. The van der Waals surface area contributed by atoms with Gasteiger partial charge in [-0.05, 0) is 52.7 Å². The number of hydrogen-bond donors (Lipinski definition) is 1. The lowest BCUT2D eigenvalue weighted by Crippen LogP contribution is -2.30. The van der Waals surface area contributed by atoms with Gasteiger partial charge >= 0.3 is 0 Å². The molecule has 2 heterocycles. The third-order valence-electron chi connectivity index (χ3n) is 5.03. The first-order valence-electron chi connectivity index (χ1n) is 8.68. The van der Waals surface area contributed by atoms with Crippen molar-refractivity contribution in [2.24, 2.45) is 11.7 Å². The van der Waals surface area contributed by atoms with Crippen molar-refractivity contribution in [3.63, 3.8) is 0 Å². The number of tetrazole rings is 1. The Morgan fingerprint density at radius 1 is 1.04 bits per heavy atom. The van der Waals surface area contributed by atoms with Crippen LogP contribution in [0.3, 0.4) is 0 Å². The predicted octanol–water partition coefficient (Wildman–Crippen LogP) is 1.03. The van der Waals surface area contributed by atoms with Crippen LogP contribution in [-0.4, -0.2) is 52.6 Å². The van der Waals surface area contributed by atoms with Crippen molar-refractivity contribution in [2.75, 3.05) is 19.6 Å². The van der Waals surface area contributed by atoms with E-state index < -0.39 is 10.0 Å². The first kappa shape index (κ1) is 17.8. The van der Waals surface area contributed by atoms with E-state index in [0.717, 1.165) is 5.56 Å². The highest BCUT2D eigenvalue weighted by atomic mass is 32.2. The van der Waals surface area contributed by atoms with Crippen molar-refractivity contribution in [1.29, 1.82) is 0 Å². The highest BCUT2D eigenvalue weighted by Crippen LogP contribution is 2.35. The number of benzene rings is 2. The molecule has 27 heavy (non-hydrogen) atoms. The number of nitrogens with zero attached hydrogens (tertiary/aromatic N) is 5. The van der Waals surface area contributed by atoms with E-state index in [1.807, 2.05) is 30.3 Å². The van der Waals surface area contributed by atoms with Crippen LogP contribution in [0.25, 0.3) is 5.69 Å². The lowest BCUT2D eigenvalue weighted by molar-refractivity contribution is 0.459. The second kappa shape index (κ2) is 7.18. The van der Waals surface area contributed by atoms with Gasteiger partial charge in [0.2, 0.25) is 10.0 Å². The smallest absolute Gasteiger partial charge is 0.243 e. The predicted molar refractivity (Wildman–Crippen MR) is 99.6 cm³/mol. The number of hydrogen-bond acceptors (Lipinski definition) is 6. The number of nitrogens with two attached hydrogens (primary N) is 1. The Morgan fingerprint density at radius 3 is 2.41 bits per heavy atom. The minimum atomic E-state index is -3.59. The molecule has 0 bridgehead atoms. The quantitative estimate of drug-likeness (QED) is 0.704. The van der Waals surface area contributed by atoms with Crippen molar-refractivity contribution in [2.45, 2.75) is 10.8 Å². The molecule has 0 unspecified atom stereocenters. The summed E-state index contributed by atoms with van der Waals surface area (Å²) >= 11 is 0. The Hall–Kier alpha value is -2.62. The molecule has 1 aliphatic rings. The molecule has 0 spiro atoms. The van der Waals surface area contributed by atoms with E-state index in [4.69, 9.17) is 5.73 Å². The van der Waals surface area contributed by atoms with Crippen LogP contribution in [0, 0.1) is 5.92 Å². The molecule has 2 atom stereocenters. The molecule has 1 aliphatic heterocycles. The zero-order valence-corrected chi connectivity index (χ0v) is 15.4. The molecular weight excluding hydrogens is 364 g/mol. The van der Waals surface area contributed by atoms with Crippen LogP contribution < -0.4 is 5.73 Å². The average molecular weight is 384 g/mol. The molecule has 0 radical (unpaired) electrons. The standard InChI is InChI=1S/C18H20N6O2S/c19-10-15-11-23(12-18(15)14-4-2-1-3-5-14)27(25,26)17-8-6-16(7-9-17)24-13-20-21-22-24/h1-9,13,15,18H,10-12,19H2/t15-,18+/m1/s1. The summed E-state index contributed by atoms with van der Waals surface area (Å²) in [6.07, 6.45) is 1.46. The Bertz CT molecular complexity index is 990. The van der Waals surface area contributed by atoms with Gasteiger partial charge in [0.15, 0.2) is 0 Å². The highest BCUT2D eigenvalue weighted by Gasteiger charge is 2.39. The fourth-order valence-electron chi connectivity index (χ4n) is 3.54. The fraction of sp³-hybridized carbons (Fsp3) is 0.278. The molecule has 4 rings (SSSR count). The molecule has 0 aliphatic carbocycles. The number of rotatable bonds is 5. The molecular formula is C18H20N6O2S. The van der Waals surface area contributed by atoms with E-state index in [0.29, 0.717) is 25.3 Å². The van der Waals surface area contributed by atoms with Crippen molar-refractivity contribution in [3.05, 3.63) is 66.5 Å². The van der Waals surface area contributed by atoms with Gasteiger partial charge in [0, 0.05) is 19.0 Å². The van der Waals surface area contributed by atoms with Gasteiger partial charge in [-0.15, -0.1) is 5.10 Å². The van der Waals surface area contributed by atoms with Gasteiger partial charge in [0.05, 0.1) is 10.6 Å². The van der Waals surface area contributed by atoms with Gasteiger partial charge in [-0.1, -0.05) is 30.3 Å². The average Bonchev–Trinajstić information content (AvgIpc) is 3.39. The molecule has 1 fully saturated rings. The molecule has 1 saturated heterocycles. The molecule has 2 aromatic carbocycles. The van der Waals surface area contributed by atoms with Crippen molar-refractivity contribution < 1.29 is 8.42 Å². The summed E-state index contributed by atoms with van der Waals surface area (Å²) in [5, 5.41) is 11.0. The van der Waals surface area contributed by atoms with E-state index in [1.54, 1.807) is 24.3 Å². The minimum absolute atomic E-state index is 0.0997. The number of sulfonamides is 1. The van der Waals surface area contributed by atoms with Gasteiger partial charge < -0.3 is 5.73 Å². The molecule has 3 aromatic rings. The Kier molecular flexibility index (Phi) is 4.73. The highest BCUT2D eigenvalue weighted by molar-refractivity contribution is 7.89. The Labute approximate surface area is 157 Å². The first-order chi connectivity index (χ1) is 13.1. The van der Waals surface area contributed by atoms with Gasteiger partial charge in [-0.25, -0.2) is 13.1 Å². The molecule has 140 valence electrons. The molecule has 8 nitrogen and oxygen atoms in total. The van der Waals surface area contributed by atoms with Crippen LogP contribution in [0.1, 0.15) is 11.5 Å². The second-order valence-electron chi connectivity index (χ2n) is 6.58. The Balaban J connectivity index is 1.59. The topological polar surface area (TPSA) is 107 Å². The summed E-state index contributed by atoms with van der Waals surface area (Å²) in [5.74, 6) is 0.203. The van der Waals surface area contributed by atoms with Crippen LogP contribution in [0.4, 0.5) is 0 Å². The first-order valence-corrected chi connectivity index (χ1v) is 10.1. The summed E-state index contributed by atoms with van der Waals surface area (Å²) in [4.78, 5) is 0.254. The summed E-state index contributed by atoms with van der Waals surface area (Å²) in [7, 11) is -3.59.